The van der Waals surface area contributed by atoms with E-state index in [1.165, 1.54) is 5.57 Å². The maximum atomic E-state index is 12.9. The predicted octanol–water partition coefficient (Wildman–Crippen LogP) is 4.03. The van der Waals surface area contributed by atoms with Crippen molar-refractivity contribution in [3.63, 3.8) is 0 Å². The minimum absolute atomic E-state index is 0.0190. The first-order valence-electron chi connectivity index (χ1n) is 13.2. The number of carbonyl (C=O) groups is 2. The molecule has 35 heavy (non-hydrogen) atoms. The summed E-state index contributed by atoms with van der Waals surface area (Å²) in [6.07, 6.45) is 7.80. The Labute approximate surface area is 208 Å². The molecule has 4 fully saturated rings. The van der Waals surface area contributed by atoms with Gasteiger partial charge in [-0.2, -0.15) is 0 Å². The van der Waals surface area contributed by atoms with Crippen LogP contribution in [-0.2, 0) is 28.5 Å². The molecule has 0 bridgehead atoms. The molecular weight excluding hydrogens is 453 g/mol. The number of epoxide rings is 2. The number of hydrogen-bond acceptors (Lipinski definition) is 6. The normalized spacial score (nSPS) is 40.1. The lowest BCUT2D eigenvalue weighted by Gasteiger charge is -2.42. The van der Waals surface area contributed by atoms with Crippen LogP contribution >= 0.6 is 0 Å². The summed E-state index contributed by atoms with van der Waals surface area (Å²) in [5.41, 5.74) is 0.692. The molecule has 6 atom stereocenters. The third kappa shape index (κ3) is 6.08. The molecule has 0 aromatic heterocycles. The molecule has 1 N–H and O–H groups in total. The van der Waals surface area contributed by atoms with E-state index in [0.29, 0.717) is 13.0 Å². The van der Waals surface area contributed by atoms with E-state index in [-0.39, 0.29) is 65.7 Å². The number of methoxy groups -OCH3 is 1. The summed E-state index contributed by atoms with van der Waals surface area (Å²) in [5, 5.41) is 2.89. The van der Waals surface area contributed by atoms with Crippen LogP contribution < -0.4 is 5.32 Å². The molecule has 1 amide bonds. The van der Waals surface area contributed by atoms with E-state index in [9.17, 15) is 14.0 Å². The first-order chi connectivity index (χ1) is 16.7. The summed E-state index contributed by atoms with van der Waals surface area (Å²) >= 11 is 0. The van der Waals surface area contributed by atoms with E-state index in [1.54, 1.807) is 7.11 Å². The van der Waals surface area contributed by atoms with Gasteiger partial charge in [0.15, 0.2) is 0 Å². The number of halogens is 1. The summed E-state index contributed by atoms with van der Waals surface area (Å²) in [4.78, 5) is 24.5. The van der Waals surface area contributed by atoms with Crippen molar-refractivity contribution in [2.45, 2.75) is 114 Å². The van der Waals surface area contributed by atoms with E-state index in [1.807, 2.05) is 0 Å². The molecule has 4 aliphatic rings. The Hall–Kier alpha value is -1.51. The lowest BCUT2D eigenvalue weighted by Crippen LogP contribution is -2.55. The van der Waals surface area contributed by atoms with Gasteiger partial charge >= 0.3 is 5.97 Å². The van der Waals surface area contributed by atoms with Crippen molar-refractivity contribution >= 4 is 11.9 Å². The summed E-state index contributed by atoms with van der Waals surface area (Å²) in [5.74, 6) is -0.156. The monoisotopic (exact) mass is 495 g/mol. The molecule has 1 spiro atoms. The van der Waals surface area contributed by atoms with Crippen molar-refractivity contribution < 1.29 is 32.9 Å². The minimum atomic E-state index is -0.633. The van der Waals surface area contributed by atoms with E-state index < -0.39 is 6.67 Å². The SMILES string of the molecule is COC1C(OC(=O)CC2CCC(NC(=O)CCF)CC2)CC[C@]2(CO2)C1[C@@]1(C)O[C@@H]1CC=C(C)C. The highest BCUT2D eigenvalue weighted by Gasteiger charge is 2.72. The smallest absolute Gasteiger partial charge is 0.306 e. The molecule has 2 saturated carbocycles. The minimum Gasteiger partial charge on any atom is -0.460 e. The van der Waals surface area contributed by atoms with E-state index in [0.717, 1.165) is 44.9 Å². The zero-order chi connectivity index (χ0) is 25.2. The summed E-state index contributed by atoms with van der Waals surface area (Å²) < 4.78 is 36.6. The maximum absolute atomic E-state index is 12.9. The molecule has 7 nitrogen and oxygen atoms in total. The van der Waals surface area contributed by atoms with Crippen molar-refractivity contribution in [3.8, 4) is 0 Å². The maximum Gasteiger partial charge on any atom is 0.306 e. The van der Waals surface area contributed by atoms with Crippen LogP contribution in [0.25, 0.3) is 0 Å². The quantitative estimate of drug-likeness (QED) is 0.280. The highest BCUT2D eigenvalue weighted by atomic mass is 19.1. The van der Waals surface area contributed by atoms with Crippen LogP contribution in [-0.4, -0.2) is 67.8 Å². The first kappa shape index (κ1) is 26.6. The van der Waals surface area contributed by atoms with Crippen LogP contribution in [0.1, 0.15) is 78.6 Å². The number of ether oxygens (including phenoxy) is 4. The lowest BCUT2D eigenvalue weighted by atomic mass is 9.68. The van der Waals surface area contributed by atoms with Gasteiger partial charge in [0, 0.05) is 19.6 Å². The standard InChI is InChI=1S/C27H42FNO6/c1-17(2)5-10-21-26(3,35-21)25-24(32-4)20(11-13-27(25)16-33-27)34-23(31)15-18-6-8-19(9-7-18)29-22(30)12-14-28/h5,18-21,24-25H,6-16H2,1-4H3,(H,29,30)/t18?,19?,20?,21-,24?,25?,26+,27+/m1/s1. The number of esters is 1. The molecule has 8 heteroatoms. The lowest BCUT2D eigenvalue weighted by molar-refractivity contribution is -0.173. The second-order valence-electron chi connectivity index (χ2n) is 11.3. The van der Waals surface area contributed by atoms with Gasteiger partial charge in [-0.15, -0.1) is 0 Å². The van der Waals surface area contributed by atoms with Gasteiger partial charge in [-0.1, -0.05) is 11.6 Å². The predicted molar refractivity (Wildman–Crippen MR) is 129 cm³/mol. The number of amides is 1. The van der Waals surface area contributed by atoms with Gasteiger partial charge in [0.2, 0.25) is 5.91 Å². The Bertz CT molecular complexity index is 801. The zero-order valence-corrected chi connectivity index (χ0v) is 21.6. The summed E-state index contributed by atoms with van der Waals surface area (Å²) in [6, 6.07) is 0.0756. The van der Waals surface area contributed by atoms with Crippen molar-refractivity contribution in [2.75, 3.05) is 20.4 Å². The molecule has 2 heterocycles. The van der Waals surface area contributed by atoms with Crippen molar-refractivity contribution in [3.05, 3.63) is 11.6 Å². The van der Waals surface area contributed by atoms with Gasteiger partial charge in [0.1, 0.15) is 23.4 Å². The Morgan fingerprint density at radius 1 is 1.17 bits per heavy atom. The van der Waals surface area contributed by atoms with Crippen LogP contribution in [0.2, 0.25) is 0 Å². The molecule has 2 aliphatic heterocycles. The van der Waals surface area contributed by atoms with Crippen LogP contribution in [0.3, 0.4) is 0 Å². The summed E-state index contributed by atoms with van der Waals surface area (Å²) in [7, 11) is 1.69. The van der Waals surface area contributed by atoms with Crippen LogP contribution in [0.5, 0.6) is 0 Å². The number of carbonyl (C=O) groups excluding carboxylic acids is 2. The average Bonchev–Trinajstić information content (AvgIpc) is 3.72. The molecule has 4 rings (SSSR count). The number of allylic oxidation sites excluding steroid dienone is 1. The fourth-order valence-electron chi connectivity index (χ4n) is 6.42. The van der Waals surface area contributed by atoms with Gasteiger partial charge < -0.3 is 24.3 Å². The third-order valence-corrected chi connectivity index (χ3v) is 8.51. The second-order valence-corrected chi connectivity index (χ2v) is 11.3. The molecule has 2 aliphatic carbocycles. The Kier molecular flexibility index (Phi) is 8.23. The second kappa shape index (κ2) is 10.9. The molecule has 0 aromatic carbocycles. The Morgan fingerprint density at radius 3 is 2.49 bits per heavy atom. The highest BCUT2D eigenvalue weighted by Crippen LogP contribution is 2.59. The number of nitrogens with one attached hydrogen (secondary N) is 1. The van der Waals surface area contributed by atoms with Crippen LogP contribution in [0, 0.1) is 11.8 Å². The third-order valence-electron chi connectivity index (χ3n) is 8.51. The van der Waals surface area contributed by atoms with Gasteiger partial charge in [0.05, 0.1) is 31.7 Å². The fraction of sp³-hybridized carbons (Fsp3) is 0.852. The molecular formula is C27H42FNO6. The van der Waals surface area contributed by atoms with Gasteiger partial charge in [-0.05, 0) is 71.6 Å². The topological polar surface area (TPSA) is 89.7 Å². The molecule has 3 unspecified atom stereocenters. The van der Waals surface area contributed by atoms with E-state index in [4.69, 9.17) is 18.9 Å². The molecule has 2 saturated heterocycles. The Balaban J connectivity index is 1.30. The molecule has 0 aromatic rings. The van der Waals surface area contributed by atoms with Crippen molar-refractivity contribution in [2.24, 2.45) is 11.8 Å². The largest absolute Gasteiger partial charge is 0.460 e. The van der Waals surface area contributed by atoms with Gasteiger partial charge in [0.25, 0.3) is 0 Å². The summed E-state index contributed by atoms with van der Waals surface area (Å²) in [6.45, 7) is 6.40. The molecule has 198 valence electrons. The van der Waals surface area contributed by atoms with Crippen LogP contribution in [0.15, 0.2) is 11.6 Å². The van der Waals surface area contributed by atoms with E-state index in [2.05, 4.69) is 32.2 Å². The Morgan fingerprint density at radius 2 is 1.89 bits per heavy atom. The average molecular weight is 496 g/mol. The van der Waals surface area contributed by atoms with Crippen molar-refractivity contribution in [1.82, 2.24) is 5.32 Å². The number of rotatable bonds is 10. The highest BCUT2D eigenvalue weighted by molar-refractivity contribution is 5.76. The van der Waals surface area contributed by atoms with E-state index >= 15 is 0 Å². The number of hydrogen-bond donors (Lipinski definition) is 1. The van der Waals surface area contributed by atoms with Crippen molar-refractivity contribution in [1.29, 1.82) is 0 Å². The fourth-order valence-corrected chi connectivity index (χ4v) is 6.42. The first-order valence-corrected chi connectivity index (χ1v) is 13.2. The van der Waals surface area contributed by atoms with Gasteiger partial charge in [-0.3, -0.25) is 14.0 Å². The zero-order valence-electron chi connectivity index (χ0n) is 21.6. The number of alkyl halides is 1. The molecule has 0 radical (unpaired) electrons. The van der Waals surface area contributed by atoms with Crippen LogP contribution in [0.4, 0.5) is 4.39 Å². The van der Waals surface area contributed by atoms with Gasteiger partial charge in [-0.25, -0.2) is 0 Å².